The van der Waals surface area contributed by atoms with E-state index in [-0.39, 0.29) is 5.91 Å². The van der Waals surface area contributed by atoms with Crippen molar-refractivity contribution in [2.75, 3.05) is 7.05 Å². The first-order valence-corrected chi connectivity index (χ1v) is 8.20. The minimum Gasteiger partial charge on any atom is -0.339 e. The van der Waals surface area contributed by atoms with E-state index in [9.17, 15) is 4.79 Å². The third kappa shape index (κ3) is 3.37. The first kappa shape index (κ1) is 15.8. The van der Waals surface area contributed by atoms with Crippen molar-refractivity contribution in [1.82, 2.24) is 4.90 Å². The van der Waals surface area contributed by atoms with E-state index >= 15 is 0 Å². The quantitative estimate of drug-likeness (QED) is 0.716. The number of carbonyl (C=O) groups excluding carboxylic acids is 1. The standard InChI is InChI=1S/C16H21BrClNO/c1-16(2)9-7-11(8-10-16)19(3)15(20)12-5-4-6-13(17)14(12)18/h4-6,11H,7-10H2,1-3H3. The molecule has 0 heterocycles. The van der Waals surface area contributed by atoms with Crippen LogP contribution in [0, 0.1) is 5.41 Å². The van der Waals surface area contributed by atoms with Gasteiger partial charge < -0.3 is 4.90 Å². The van der Waals surface area contributed by atoms with Crippen molar-refractivity contribution in [3.63, 3.8) is 0 Å². The van der Waals surface area contributed by atoms with Crippen LogP contribution in [0.2, 0.25) is 5.02 Å². The molecule has 0 radical (unpaired) electrons. The Morgan fingerprint density at radius 2 is 1.95 bits per heavy atom. The SMILES string of the molecule is CN(C(=O)c1cccc(Br)c1Cl)C1CCC(C)(C)CC1. The van der Waals surface area contributed by atoms with Gasteiger partial charge in [0.15, 0.2) is 0 Å². The number of nitrogens with zero attached hydrogens (tertiary/aromatic N) is 1. The van der Waals surface area contributed by atoms with Crippen molar-refractivity contribution >= 4 is 33.4 Å². The van der Waals surface area contributed by atoms with Gasteiger partial charge in [0.2, 0.25) is 0 Å². The van der Waals surface area contributed by atoms with Crippen LogP contribution in [-0.4, -0.2) is 23.9 Å². The van der Waals surface area contributed by atoms with Crippen LogP contribution in [0.3, 0.4) is 0 Å². The molecule has 1 saturated carbocycles. The molecule has 0 aromatic heterocycles. The fourth-order valence-corrected chi connectivity index (χ4v) is 3.37. The molecule has 0 spiro atoms. The minimum absolute atomic E-state index is 0.0148. The van der Waals surface area contributed by atoms with Crippen molar-refractivity contribution in [3.8, 4) is 0 Å². The maximum atomic E-state index is 12.6. The summed E-state index contributed by atoms with van der Waals surface area (Å²) in [6.45, 7) is 4.60. The van der Waals surface area contributed by atoms with Crippen LogP contribution in [0.1, 0.15) is 49.9 Å². The summed E-state index contributed by atoms with van der Waals surface area (Å²) in [5.74, 6) is 0.0148. The van der Waals surface area contributed by atoms with Gasteiger partial charge in [0.05, 0.1) is 10.6 Å². The molecule has 0 unspecified atom stereocenters. The zero-order chi connectivity index (χ0) is 14.9. The molecular formula is C16H21BrClNO. The summed E-state index contributed by atoms with van der Waals surface area (Å²) in [6, 6.07) is 5.81. The van der Waals surface area contributed by atoms with Crippen LogP contribution in [0.15, 0.2) is 22.7 Å². The third-order valence-electron chi connectivity index (χ3n) is 4.36. The highest BCUT2D eigenvalue weighted by Crippen LogP contribution is 2.37. The fraction of sp³-hybridized carbons (Fsp3) is 0.562. The Balaban J connectivity index is 2.11. The van der Waals surface area contributed by atoms with Gasteiger partial charge in [0.25, 0.3) is 5.91 Å². The molecular weight excluding hydrogens is 338 g/mol. The lowest BCUT2D eigenvalue weighted by atomic mass is 9.75. The Morgan fingerprint density at radius 1 is 1.35 bits per heavy atom. The largest absolute Gasteiger partial charge is 0.339 e. The second kappa shape index (κ2) is 6.07. The van der Waals surface area contributed by atoms with Crippen molar-refractivity contribution in [2.24, 2.45) is 5.41 Å². The van der Waals surface area contributed by atoms with E-state index in [1.54, 1.807) is 6.07 Å². The van der Waals surface area contributed by atoms with E-state index in [0.717, 1.165) is 17.3 Å². The second-order valence-corrected chi connectivity index (χ2v) is 7.65. The predicted octanol–water partition coefficient (Wildman–Crippen LogP) is 5.14. The molecule has 0 saturated heterocycles. The van der Waals surface area contributed by atoms with E-state index in [0.29, 0.717) is 22.0 Å². The smallest absolute Gasteiger partial charge is 0.255 e. The van der Waals surface area contributed by atoms with Gasteiger partial charge in [-0.1, -0.05) is 31.5 Å². The molecule has 0 atom stereocenters. The summed E-state index contributed by atoms with van der Waals surface area (Å²) in [4.78, 5) is 14.5. The molecule has 4 heteroatoms. The third-order valence-corrected chi connectivity index (χ3v) is 5.66. The van der Waals surface area contributed by atoms with Gasteiger partial charge in [-0.15, -0.1) is 0 Å². The van der Waals surface area contributed by atoms with Crippen LogP contribution < -0.4 is 0 Å². The average Bonchev–Trinajstić information content (AvgIpc) is 2.40. The zero-order valence-electron chi connectivity index (χ0n) is 12.2. The number of halogens is 2. The summed E-state index contributed by atoms with van der Waals surface area (Å²) in [7, 11) is 1.89. The lowest BCUT2D eigenvalue weighted by molar-refractivity contribution is 0.0635. The van der Waals surface area contributed by atoms with Crippen LogP contribution in [0.25, 0.3) is 0 Å². The minimum atomic E-state index is 0.0148. The Morgan fingerprint density at radius 3 is 2.55 bits per heavy atom. The molecule has 20 heavy (non-hydrogen) atoms. The molecule has 0 N–H and O–H groups in total. The van der Waals surface area contributed by atoms with Gasteiger partial charge in [-0.25, -0.2) is 0 Å². The van der Waals surface area contributed by atoms with Gasteiger partial charge in [-0.05, 0) is 59.2 Å². The maximum Gasteiger partial charge on any atom is 0.255 e. The lowest BCUT2D eigenvalue weighted by Crippen LogP contribution is -2.41. The van der Waals surface area contributed by atoms with Crippen molar-refractivity contribution in [3.05, 3.63) is 33.3 Å². The van der Waals surface area contributed by atoms with E-state index in [1.165, 1.54) is 12.8 Å². The van der Waals surface area contributed by atoms with Crippen LogP contribution in [-0.2, 0) is 0 Å². The molecule has 1 aliphatic carbocycles. The first-order valence-electron chi connectivity index (χ1n) is 7.03. The number of benzene rings is 1. The van der Waals surface area contributed by atoms with Gasteiger partial charge >= 0.3 is 0 Å². The summed E-state index contributed by atoms with van der Waals surface area (Å²) in [5, 5.41) is 0.500. The van der Waals surface area contributed by atoms with Crippen LogP contribution >= 0.6 is 27.5 Å². The molecule has 1 aromatic rings. The molecule has 110 valence electrons. The molecule has 1 aromatic carbocycles. The van der Waals surface area contributed by atoms with Crippen molar-refractivity contribution < 1.29 is 4.79 Å². The fourth-order valence-electron chi connectivity index (χ4n) is 2.80. The maximum absolute atomic E-state index is 12.6. The average molecular weight is 359 g/mol. The van der Waals surface area contributed by atoms with E-state index in [2.05, 4.69) is 29.8 Å². The Hall–Kier alpha value is -0.540. The molecule has 0 aliphatic heterocycles. The van der Waals surface area contributed by atoms with Crippen molar-refractivity contribution in [1.29, 1.82) is 0 Å². The van der Waals surface area contributed by atoms with Gasteiger partial charge in [-0.2, -0.15) is 0 Å². The molecule has 2 nitrogen and oxygen atoms in total. The summed E-state index contributed by atoms with van der Waals surface area (Å²) in [6.07, 6.45) is 4.48. The number of hydrogen-bond acceptors (Lipinski definition) is 1. The normalized spacial score (nSPS) is 18.9. The molecule has 2 rings (SSSR count). The Bertz CT molecular complexity index is 505. The summed E-state index contributed by atoms with van der Waals surface area (Å²) >= 11 is 9.59. The molecule has 1 fully saturated rings. The molecule has 0 bridgehead atoms. The first-order chi connectivity index (χ1) is 9.32. The highest BCUT2D eigenvalue weighted by molar-refractivity contribution is 9.10. The highest BCUT2D eigenvalue weighted by Gasteiger charge is 2.31. The monoisotopic (exact) mass is 357 g/mol. The summed E-state index contributed by atoms with van der Waals surface area (Å²) < 4.78 is 0.767. The van der Waals surface area contributed by atoms with Crippen LogP contribution in [0.5, 0.6) is 0 Å². The Labute approximate surface area is 134 Å². The van der Waals surface area contributed by atoms with E-state index in [4.69, 9.17) is 11.6 Å². The van der Waals surface area contributed by atoms with Crippen molar-refractivity contribution in [2.45, 2.75) is 45.6 Å². The predicted molar refractivity (Wildman–Crippen MR) is 87.3 cm³/mol. The van der Waals surface area contributed by atoms with E-state index in [1.807, 2.05) is 24.1 Å². The lowest BCUT2D eigenvalue weighted by Gasteiger charge is -2.38. The number of amides is 1. The van der Waals surface area contributed by atoms with E-state index < -0.39 is 0 Å². The van der Waals surface area contributed by atoms with Gasteiger partial charge in [-0.3, -0.25) is 4.79 Å². The zero-order valence-corrected chi connectivity index (χ0v) is 14.6. The van der Waals surface area contributed by atoms with Crippen LogP contribution in [0.4, 0.5) is 0 Å². The van der Waals surface area contributed by atoms with Gasteiger partial charge in [0, 0.05) is 17.6 Å². The second-order valence-electron chi connectivity index (χ2n) is 6.41. The number of hydrogen-bond donors (Lipinski definition) is 0. The Kier molecular flexibility index (Phi) is 4.80. The highest BCUT2D eigenvalue weighted by atomic mass is 79.9. The number of carbonyl (C=O) groups is 1. The molecule has 1 amide bonds. The topological polar surface area (TPSA) is 20.3 Å². The molecule has 1 aliphatic rings. The van der Waals surface area contributed by atoms with Gasteiger partial charge in [0.1, 0.15) is 0 Å². The number of rotatable bonds is 2. The summed E-state index contributed by atoms with van der Waals surface area (Å²) in [5.41, 5.74) is 0.988.